The maximum atomic E-state index is 12.8. The highest BCUT2D eigenvalue weighted by atomic mass is 32.2. The van der Waals surface area contributed by atoms with Crippen molar-refractivity contribution in [2.24, 2.45) is 0 Å². The molecule has 0 bridgehead atoms. The van der Waals surface area contributed by atoms with Crippen molar-refractivity contribution in [1.29, 1.82) is 0 Å². The minimum atomic E-state index is -3.36. The highest BCUT2D eigenvalue weighted by Gasteiger charge is 2.31. The van der Waals surface area contributed by atoms with Crippen molar-refractivity contribution < 1.29 is 13.2 Å². The largest absolute Gasteiger partial charge is 0.337 e. The first-order valence-electron chi connectivity index (χ1n) is 9.33. The summed E-state index contributed by atoms with van der Waals surface area (Å²) < 4.78 is 26.4. The van der Waals surface area contributed by atoms with Gasteiger partial charge in [0.2, 0.25) is 10.0 Å². The summed E-state index contributed by atoms with van der Waals surface area (Å²) >= 11 is 0. The molecule has 144 valence electrons. The monoisotopic (exact) mass is 380 g/mol. The Morgan fingerprint density at radius 3 is 2.77 bits per heavy atom. The predicted octanol–water partition coefficient (Wildman–Crippen LogP) is 0.958. The number of carbonyl (C=O) groups is 1. The van der Waals surface area contributed by atoms with E-state index in [1.807, 2.05) is 11.8 Å². The van der Waals surface area contributed by atoms with Gasteiger partial charge < -0.3 is 10.2 Å². The van der Waals surface area contributed by atoms with E-state index < -0.39 is 10.0 Å². The molecule has 2 heterocycles. The summed E-state index contributed by atoms with van der Waals surface area (Å²) in [7, 11) is -3.36. The van der Waals surface area contributed by atoms with Gasteiger partial charge in [-0.05, 0) is 31.0 Å². The fourth-order valence-electron chi connectivity index (χ4n) is 3.67. The minimum Gasteiger partial charge on any atom is -0.337 e. The first-order valence-corrected chi connectivity index (χ1v) is 11.0. The van der Waals surface area contributed by atoms with Crippen molar-refractivity contribution in [1.82, 2.24) is 15.1 Å². The van der Waals surface area contributed by atoms with Crippen LogP contribution >= 0.6 is 0 Å². The number of nitrogens with zero attached hydrogens (tertiary/aromatic N) is 2. The van der Waals surface area contributed by atoms with Crippen LogP contribution in [0.1, 0.15) is 30.1 Å². The smallest absolute Gasteiger partial charge is 0.253 e. The molecule has 1 atom stereocenters. The van der Waals surface area contributed by atoms with Gasteiger partial charge in [0.1, 0.15) is 0 Å². The molecule has 1 amide bonds. The molecular formula is C18H28N4O3S. The van der Waals surface area contributed by atoms with Crippen molar-refractivity contribution in [3.8, 4) is 0 Å². The molecule has 0 spiro atoms. The van der Waals surface area contributed by atoms with Gasteiger partial charge >= 0.3 is 0 Å². The van der Waals surface area contributed by atoms with E-state index in [-0.39, 0.29) is 11.7 Å². The van der Waals surface area contributed by atoms with Gasteiger partial charge in [0.05, 0.1) is 5.75 Å². The summed E-state index contributed by atoms with van der Waals surface area (Å²) in [5.74, 6) is 0.0445. The minimum absolute atomic E-state index is 0.0285. The van der Waals surface area contributed by atoms with E-state index in [0.29, 0.717) is 23.7 Å². The lowest BCUT2D eigenvalue weighted by Crippen LogP contribution is -2.49. The Balaban J connectivity index is 1.64. The molecule has 1 aromatic carbocycles. The standard InChI is InChI=1S/C18H28N4O3S/c1-2-12-26(24,25)20-16-5-3-4-15(13-16)18(23)22-9-6-17(14-22)21-10-7-19-8-11-21/h3-5,13,17,19-20H,2,6-12,14H2,1H3. The van der Waals surface area contributed by atoms with Crippen molar-refractivity contribution >= 4 is 21.6 Å². The molecular weight excluding hydrogens is 352 g/mol. The number of likely N-dealkylation sites (tertiary alicyclic amines) is 1. The van der Waals surface area contributed by atoms with Crippen LogP contribution in [0.15, 0.2) is 24.3 Å². The van der Waals surface area contributed by atoms with Crippen molar-refractivity contribution in [3.05, 3.63) is 29.8 Å². The third-order valence-electron chi connectivity index (χ3n) is 4.97. The molecule has 8 heteroatoms. The third-order valence-corrected chi connectivity index (χ3v) is 6.47. The van der Waals surface area contributed by atoms with Crippen LogP contribution in [-0.2, 0) is 10.0 Å². The second-order valence-corrected chi connectivity index (χ2v) is 8.82. The summed E-state index contributed by atoms with van der Waals surface area (Å²) in [6, 6.07) is 7.21. The Labute approximate surface area is 155 Å². The summed E-state index contributed by atoms with van der Waals surface area (Å²) in [6.07, 6.45) is 1.55. The van der Waals surface area contributed by atoms with Gasteiger partial charge in [-0.15, -0.1) is 0 Å². The van der Waals surface area contributed by atoms with E-state index in [0.717, 1.165) is 45.7 Å². The summed E-state index contributed by atoms with van der Waals surface area (Å²) in [5.41, 5.74) is 0.977. The molecule has 26 heavy (non-hydrogen) atoms. The van der Waals surface area contributed by atoms with Gasteiger partial charge in [0.25, 0.3) is 5.91 Å². The van der Waals surface area contributed by atoms with Crippen LogP contribution in [0.3, 0.4) is 0 Å². The predicted molar refractivity (Wildman–Crippen MR) is 103 cm³/mol. The molecule has 0 aliphatic carbocycles. The highest BCUT2D eigenvalue weighted by molar-refractivity contribution is 7.92. The van der Waals surface area contributed by atoms with E-state index in [9.17, 15) is 13.2 Å². The maximum Gasteiger partial charge on any atom is 0.253 e. The number of carbonyl (C=O) groups excluding carboxylic acids is 1. The lowest BCUT2D eigenvalue weighted by Gasteiger charge is -2.32. The van der Waals surface area contributed by atoms with E-state index in [1.165, 1.54) is 0 Å². The average Bonchev–Trinajstić information content (AvgIpc) is 3.11. The summed E-state index contributed by atoms with van der Waals surface area (Å²) in [5, 5.41) is 3.35. The van der Waals surface area contributed by atoms with Crippen LogP contribution in [0.25, 0.3) is 0 Å². The molecule has 2 saturated heterocycles. The van der Waals surface area contributed by atoms with E-state index in [1.54, 1.807) is 24.3 Å². The van der Waals surface area contributed by atoms with Gasteiger partial charge in [0.15, 0.2) is 0 Å². The number of sulfonamides is 1. The van der Waals surface area contributed by atoms with Crippen LogP contribution in [0.2, 0.25) is 0 Å². The summed E-state index contributed by atoms with van der Waals surface area (Å²) in [4.78, 5) is 17.2. The van der Waals surface area contributed by atoms with Crippen LogP contribution in [0, 0.1) is 0 Å². The van der Waals surface area contributed by atoms with Gasteiger partial charge in [-0.25, -0.2) is 8.42 Å². The number of amides is 1. The van der Waals surface area contributed by atoms with E-state index in [4.69, 9.17) is 0 Å². The van der Waals surface area contributed by atoms with Crippen molar-refractivity contribution in [3.63, 3.8) is 0 Å². The van der Waals surface area contributed by atoms with Crippen LogP contribution in [0.4, 0.5) is 5.69 Å². The Hall–Kier alpha value is -1.64. The zero-order chi connectivity index (χ0) is 18.6. The molecule has 0 aromatic heterocycles. The molecule has 2 fully saturated rings. The molecule has 2 aliphatic heterocycles. The Morgan fingerprint density at radius 2 is 2.04 bits per heavy atom. The Morgan fingerprint density at radius 1 is 1.27 bits per heavy atom. The molecule has 3 rings (SSSR count). The quantitative estimate of drug-likeness (QED) is 0.768. The van der Waals surface area contributed by atoms with E-state index in [2.05, 4.69) is 14.9 Å². The van der Waals surface area contributed by atoms with Gasteiger partial charge in [-0.2, -0.15) is 0 Å². The van der Waals surface area contributed by atoms with Gasteiger partial charge in [-0.3, -0.25) is 14.4 Å². The fourth-order valence-corrected chi connectivity index (χ4v) is 4.79. The first-order chi connectivity index (χ1) is 12.5. The third kappa shape index (κ3) is 4.75. The van der Waals surface area contributed by atoms with Crippen LogP contribution < -0.4 is 10.0 Å². The molecule has 7 nitrogen and oxygen atoms in total. The van der Waals surface area contributed by atoms with Crippen molar-refractivity contribution in [2.45, 2.75) is 25.8 Å². The van der Waals surface area contributed by atoms with Gasteiger partial charge in [0, 0.05) is 56.6 Å². The Kier molecular flexibility index (Phi) is 6.16. The summed E-state index contributed by atoms with van der Waals surface area (Å²) in [6.45, 7) is 7.38. The lowest BCUT2D eigenvalue weighted by atomic mass is 10.2. The number of piperazine rings is 1. The second-order valence-electron chi connectivity index (χ2n) is 6.98. The number of rotatable bonds is 6. The molecule has 2 aliphatic rings. The van der Waals surface area contributed by atoms with E-state index >= 15 is 0 Å². The topological polar surface area (TPSA) is 81.8 Å². The zero-order valence-corrected chi connectivity index (χ0v) is 16.1. The lowest BCUT2D eigenvalue weighted by molar-refractivity contribution is 0.0773. The molecule has 1 aromatic rings. The average molecular weight is 381 g/mol. The zero-order valence-electron chi connectivity index (χ0n) is 15.3. The highest BCUT2D eigenvalue weighted by Crippen LogP contribution is 2.20. The first kappa shape index (κ1) is 19.1. The SMILES string of the molecule is CCCS(=O)(=O)Nc1cccc(C(=O)N2CCC(N3CCNCC3)C2)c1. The number of hydrogen-bond donors (Lipinski definition) is 2. The van der Waals surface area contributed by atoms with Crippen molar-refractivity contribution in [2.75, 3.05) is 49.7 Å². The van der Waals surface area contributed by atoms with Crippen LogP contribution in [-0.4, -0.2) is 75.2 Å². The Bertz CT molecular complexity index is 732. The molecule has 2 N–H and O–H groups in total. The fraction of sp³-hybridized carbons (Fsp3) is 0.611. The van der Waals surface area contributed by atoms with Gasteiger partial charge in [-0.1, -0.05) is 13.0 Å². The number of hydrogen-bond acceptors (Lipinski definition) is 5. The normalized spacial score (nSPS) is 21.7. The number of anilines is 1. The molecule has 1 unspecified atom stereocenters. The molecule has 0 radical (unpaired) electrons. The maximum absolute atomic E-state index is 12.8. The number of nitrogens with one attached hydrogen (secondary N) is 2. The van der Waals surface area contributed by atoms with Crippen LogP contribution in [0.5, 0.6) is 0 Å². The molecule has 0 saturated carbocycles. The number of benzene rings is 1. The second kappa shape index (κ2) is 8.37.